The molecule has 1 aliphatic heterocycles. The molecule has 0 atom stereocenters. The average molecular weight is 492 g/mol. The summed E-state index contributed by atoms with van der Waals surface area (Å²) < 4.78 is 6.69. The minimum absolute atomic E-state index is 0.0200. The van der Waals surface area contributed by atoms with Crippen LogP contribution in [0.5, 0.6) is 5.75 Å². The maximum absolute atomic E-state index is 12.3. The van der Waals surface area contributed by atoms with E-state index in [4.69, 9.17) is 27.9 Å². The van der Waals surface area contributed by atoms with Crippen molar-refractivity contribution in [1.29, 1.82) is 0 Å². The molecule has 132 valence electrons. The van der Waals surface area contributed by atoms with Crippen molar-refractivity contribution in [3.8, 4) is 5.75 Å². The second-order valence-corrected chi connectivity index (χ2v) is 7.66. The molecule has 2 aromatic rings. The van der Waals surface area contributed by atoms with Crippen LogP contribution in [0, 0.1) is 3.57 Å². The van der Waals surface area contributed by atoms with Crippen molar-refractivity contribution in [2.75, 3.05) is 37.7 Å². The number of nitrogens with zero attached hydrogens (tertiary/aromatic N) is 3. The maximum atomic E-state index is 12.3. The number of anilines is 1. The van der Waals surface area contributed by atoms with Gasteiger partial charge in [-0.05, 0) is 52.9 Å². The third-order valence-electron chi connectivity index (χ3n) is 3.90. The number of amides is 1. The van der Waals surface area contributed by atoms with Crippen LogP contribution < -0.4 is 9.64 Å². The zero-order chi connectivity index (χ0) is 17.8. The minimum Gasteiger partial charge on any atom is -0.484 e. The molecule has 1 saturated heterocycles. The Hall–Kier alpha value is -1.25. The number of piperazine rings is 1. The van der Waals surface area contributed by atoms with Gasteiger partial charge in [-0.25, -0.2) is 4.98 Å². The Morgan fingerprint density at radius 1 is 1.16 bits per heavy atom. The monoisotopic (exact) mass is 491 g/mol. The molecule has 1 aromatic heterocycles. The van der Waals surface area contributed by atoms with Gasteiger partial charge in [0.2, 0.25) is 0 Å². The van der Waals surface area contributed by atoms with Gasteiger partial charge < -0.3 is 14.5 Å². The van der Waals surface area contributed by atoms with Crippen molar-refractivity contribution in [1.82, 2.24) is 9.88 Å². The van der Waals surface area contributed by atoms with Gasteiger partial charge >= 0.3 is 0 Å². The van der Waals surface area contributed by atoms with Gasteiger partial charge in [-0.3, -0.25) is 4.79 Å². The van der Waals surface area contributed by atoms with Gasteiger partial charge in [0, 0.05) is 35.9 Å². The standard InChI is InChI=1S/C17H16Cl2IN3O2/c18-12-9-15(19)17(21-10-12)23-7-5-22(6-8-23)16(24)11-25-14-3-1-13(20)2-4-14/h1-4,9-10H,5-8,11H2. The second kappa shape index (κ2) is 8.42. The van der Waals surface area contributed by atoms with E-state index < -0.39 is 0 Å². The lowest BCUT2D eigenvalue weighted by molar-refractivity contribution is -0.133. The molecule has 2 heterocycles. The number of hydrogen-bond acceptors (Lipinski definition) is 4. The molecule has 0 radical (unpaired) electrons. The summed E-state index contributed by atoms with van der Waals surface area (Å²) in [4.78, 5) is 20.5. The molecule has 5 nitrogen and oxygen atoms in total. The van der Waals surface area contributed by atoms with Crippen molar-refractivity contribution in [2.24, 2.45) is 0 Å². The zero-order valence-electron chi connectivity index (χ0n) is 13.3. The summed E-state index contributed by atoms with van der Waals surface area (Å²) in [6.07, 6.45) is 1.58. The van der Waals surface area contributed by atoms with Crippen molar-refractivity contribution in [3.05, 3.63) is 50.1 Å². The van der Waals surface area contributed by atoms with Crippen LogP contribution in [0.2, 0.25) is 10.0 Å². The van der Waals surface area contributed by atoms with Crippen molar-refractivity contribution in [3.63, 3.8) is 0 Å². The lowest BCUT2D eigenvalue weighted by atomic mass is 10.3. The lowest BCUT2D eigenvalue weighted by Gasteiger charge is -2.35. The van der Waals surface area contributed by atoms with E-state index in [0.717, 1.165) is 3.57 Å². The van der Waals surface area contributed by atoms with E-state index in [1.165, 1.54) is 0 Å². The quantitative estimate of drug-likeness (QED) is 0.611. The van der Waals surface area contributed by atoms with Crippen LogP contribution in [0.4, 0.5) is 5.82 Å². The summed E-state index contributed by atoms with van der Waals surface area (Å²) in [5.41, 5.74) is 0. The van der Waals surface area contributed by atoms with Gasteiger partial charge in [0.05, 0.1) is 10.0 Å². The number of pyridine rings is 1. The molecule has 0 unspecified atom stereocenters. The minimum atomic E-state index is -0.0200. The Balaban J connectivity index is 1.51. The second-order valence-electron chi connectivity index (χ2n) is 5.57. The predicted molar refractivity (Wildman–Crippen MR) is 108 cm³/mol. The SMILES string of the molecule is O=C(COc1ccc(I)cc1)N1CCN(c2ncc(Cl)cc2Cl)CC1. The fourth-order valence-electron chi connectivity index (χ4n) is 2.57. The Kier molecular flexibility index (Phi) is 6.24. The van der Waals surface area contributed by atoms with E-state index in [0.29, 0.717) is 47.8 Å². The largest absolute Gasteiger partial charge is 0.484 e. The molecule has 0 bridgehead atoms. The maximum Gasteiger partial charge on any atom is 0.260 e. The summed E-state index contributed by atoms with van der Waals surface area (Å²) in [6, 6.07) is 9.30. The predicted octanol–water partition coefficient (Wildman–Crippen LogP) is 3.72. The first kappa shape index (κ1) is 18.5. The highest BCUT2D eigenvalue weighted by Gasteiger charge is 2.23. The molecule has 0 saturated carbocycles. The first-order valence-electron chi connectivity index (χ1n) is 7.75. The number of carbonyl (C=O) groups is 1. The van der Waals surface area contributed by atoms with Crippen LogP contribution >= 0.6 is 45.8 Å². The Bertz CT molecular complexity index is 750. The summed E-state index contributed by atoms with van der Waals surface area (Å²) >= 11 is 14.3. The van der Waals surface area contributed by atoms with Crippen LogP contribution in [-0.2, 0) is 4.79 Å². The van der Waals surface area contributed by atoms with E-state index in [2.05, 4.69) is 32.5 Å². The Morgan fingerprint density at radius 3 is 2.48 bits per heavy atom. The van der Waals surface area contributed by atoms with Gasteiger partial charge in [0.25, 0.3) is 5.91 Å². The Morgan fingerprint density at radius 2 is 1.84 bits per heavy atom. The van der Waals surface area contributed by atoms with Crippen LogP contribution in [-0.4, -0.2) is 48.6 Å². The number of hydrogen-bond donors (Lipinski definition) is 0. The molecular weight excluding hydrogens is 476 g/mol. The molecule has 1 fully saturated rings. The molecule has 0 N–H and O–H groups in total. The fraction of sp³-hybridized carbons (Fsp3) is 0.294. The topological polar surface area (TPSA) is 45.7 Å². The molecule has 0 spiro atoms. The summed E-state index contributed by atoms with van der Waals surface area (Å²) in [6.45, 7) is 2.60. The average Bonchev–Trinajstić information content (AvgIpc) is 2.61. The van der Waals surface area contributed by atoms with Crippen LogP contribution in [0.15, 0.2) is 36.5 Å². The number of rotatable bonds is 4. The highest BCUT2D eigenvalue weighted by atomic mass is 127. The molecule has 8 heteroatoms. The van der Waals surface area contributed by atoms with Crippen LogP contribution in [0.3, 0.4) is 0 Å². The van der Waals surface area contributed by atoms with Gasteiger partial charge in [-0.1, -0.05) is 23.2 Å². The lowest BCUT2D eigenvalue weighted by Crippen LogP contribution is -2.50. The van der Waals surface area contributed by atoms with Gasteiger partial charge in [0.1, 0.15) is 11.6 Å². The zero-order valence-corrected chi connectivity index (χ0v) is 17.0. The smallest absolute Gasteiger partial charge is 0.260 e. The van der Waals surface area contributed by atoms with E-state index in [9.17, 15) is 4.79 Å². The number of halogens is 3. The molecule has 25 heavy (non-hydrogen) atoms. The first-order valence-corrected chi connectivity index (χ1v) is 9.58. The van der Waals surface area contributed by atoms with Gasteiger partial charge in [0.15, 0.2) is 6.61 Å². The van der Waals surface area contributed by atoms with E-state index >= 15 is 0 Å². The molecule has 1 amide bonds. The Labute approximate surface area is 170 Å². The molecule has 1 aliphatic rings. The molecule has 3 rings (SSSR count). The fourth-order valence-corrected chi connectivity index (χ4v) is 3.43. The van der Waals surface area contributed by atoms with Crippen LogP contribution in [0.25, 0.3) is 0 Å². The van der Waals surface area contributed by atoms with E-state index in [-0.39, 0.29) is 12.5 Å². The van der Waals surface area contributed by atoms with Gasteiger partial charge in [-0.2, -0.15) is 0 Å². The third-order valence-corrected chi connectivity index (χ3v) is 5.10. The number of aromatic nitrogens is 1. The van der Waals surface area contributed by atoms with E-state index in [1.54, 1.807) is 17.2 Å². The number of carbonyl (C=O) groups excluding carboxylic acids is 1. The molecule has 0 aliphatic carbocycles. The normalized spacial score (nSPS) is 14.5. The third kappa shape index (κ3) is 4.89. The van der Waals surface area contributed by atoms with Gasteiger partial charge in [-0.15, -0.1) is 0 Å². The van der Waals surface area contributed by atoms with Crippen molar-refractivity contribution in [2.45, 2.75) is 0 Å². The number of benzene rings is 1. The molecule has 1 aromatic carbocycles. The molecular formula is C17H16Cl2IN3O2. The van der Waals surface area contributed by atoms with Crippen LogP contribution in [0.1, 0.15) is 0 Å². The first-order chi connectivity index (χ1) is 12.0. The van der Waals surface area contributed by atoms with Crippen molar-refractivity contribution >= 4 is 57.5 Å². The van der Waals surface area contributed by atoms with Crippen molar-refractivity contribution < 1.29 is 9.53 Å². The summed E-state index contributed by atoms with van der Waals surface area (Å²) in [7, 11) is 0. The highest BCUT2D eigenvalue weighted by molar-refractivity contribution is 14.1. The highest BCUT2D eigenvalue weighted by Crippen LogP contribution is 2.26. The van der Waals surface area contributed by atoms with E-state index in [1.807, 2.05) is 24.3 Å². The summed E-state index contributed by atoms with van der Waals surface area (Å²) in [5, 5.41) is 1.03. The summed E-state index contributed by atoms with van der Waals surface area (Å²) in [5.74, 6) is 1.38. The number of ether oxygens (including phenoxy) is 1.